The molecule has 1 nitrogen and oxygen atoms in total. The maximum absolute atomic E-state index is 2.47. The third kappa shape index (κ3) is 3.94. The lowest BCUT2D eigenvalue weighted by Gasteiger charge is -2.13. The summed E-state index contributed by atoms with van der Waals surface area (Å²) in [6.07, 6.45) is 0. The predicted octanol–water partition coefficient (Wildman–Crippen LogP) is 13.9. The van der Waals surface area contributed by atoms with Gasteiger partial charge >= 0.3 is 0 Å². The van der Waals surface area contributed by atoms with Crippen LogP contribution in [0.1, 0.15) is 0 Å². The van der Waals surface area contributed by atoms with Gasteiger partial charge in [0.05, 0.1) is 11.0 Å². The van der Waals surface area contributed by atoms with E-state index < -0.39 is 0 Å². The minimum Gasteiger partial charge on any atom is -0.309 e. The zero-order valence-corrected chi connectivity index (χ0v) is 27.9. The molecular formula is C48H29NS. The van der Waals surface area contributed by atoms with Gasteiger partial charge in [-0.3, -0.25) is 0 Å². The maximum Gasteiger partial charge on any atom is 0.0547 e. The highest BCUT2D eigenvalue weighted by atomic mass is 32.1. The molecule has 2 heteroatoms. The van der Waals surface area contributed by atoms with Crippen molar-refractivity contribution < 1.29 is 0 Å². The maximum atomic E-state index is 2.47. The lowest BCUT2D eigenvalue weighted by molar-refractivity contribution is 1.18. The Balaban J connectivity index is 1.22. The monoisotopic (exact) mass is 651 g/mol. The molecule has 0 spiro atoms. The highest BCUT2D eigenvalue weighted by Gasteiger charge is 2.19. The summed E-state index contributed by atoms with van der Waals surface area (Å²) in [6, 6.07) is 64.9. The molecule has 0 unspecified atom stereocenters. The van der Waals surface area contributed by atoms with Gasteiger partial charge < -0.3 is 4.57 Å². The summed E-state index contributed by atoms with van der Waals surface area (Å²) in [5.41, 5.74) is 8.60. The molecule has 0 aliphatic carbocycles. The molecule has 9 aromatic carbocycles. The Morgan fingerprint density at radius 2 is 0.880 bits per heavy atom. The van der Waals surface area contributed by atoms with Crippen molar-refractivity contribution >= 4 is 85.6 Å². The lowest BCUT2D eigenvalue weighted by Crippen LogP contribution is -1.94. The quantitative estimate of drug-likeness (QED) is 0.168. The summed E-state index contributed by atoms with van der Waals surface area (Å²) in [5.74, 6) is 0. The number of hydrogen-bond donors (Lipinski definition) is 0. The van der Waals surface area contributed by atoms with Gasteiger partial charge in [0, 0.05) is 42.2 Å². The number of hydrogen-bond acceptors (Lipinski definition) is 1. The van der Waals surface area contributed by atoms with Gasteiger partial charge in [-0.2, -0.15) is 0 Å². The van der Waals surface area contributed by atoms with Gasteiger partial charge in [-0.05, 0) is 85.4 Å². The molecule has 0 aliphatic heterocycles. The van der Waals surface area contributed by atoms with Gasteiger partial charge in [-0.25, -0.2) is 0 Å². The molecule has 0 bridgehead atoms. The summed E-state index contributed by atoms with van der Waals surface area (Å²) in [4.78, 5) is 0. The van der Waals surface area contributed by atoms with E-state index in [1.807, 2.05) is 11.3 Å². The Hall–Kier alpha value is -6.22. The third-order valence-electron chi connectivity index (χ3n) is 10.6. The summed E-state index contributed by atoms with van der Waals surface area (Å²) in [6.45, 7) is 0. The van der Waals surface area contributed by atoms with Gasteiger partial charge in [0.1, 0.15) is 0 Å². The van der Waals surface area contributed by atoms with E-state index in [1.54, 1.807) is 0 Å². The minimum atomic E-state index is 1.16. The van der Waals surface area contributed by atoms with E-state index in [1.165, 1.54) is 96.5 Å². The van der Waals surface area contributed by atoms with Gasteiger partial charge in [-0.1, -0.05) is 140 Å². The van der Waals surface area contributed by atoms with E-state index in [9.17, 15) is 0 Å². The molecule has 0 atom stereocenters. The normalized spacial score (nSPS) is 12.0. The van der Waals surface area contributed by atoms with Crippen LogP contribution in [-0.2, 0) is 0 Å². The van der Waals surface area contributed by atoms with Crippen LogP contribution >= 0.6 is 11.3 Å². The van der Waals surface area contributed by atoms with Crippen molar-refractivity contribution in [1.82, 2.24) is 4.57 Å². The van der Waals surface area contributed by atoms with Crippen molar-refractivity contribution in [2.45, 2.75) is 0 Å². The predicted molar refractivity (Wildman–Crippen MR) is 217 cm³/mol. The van der Waals surface area contributed by atoms with Crippen LogP contribution in [0.5, 0.6) is 0 Å². The van der Waals surface area contributed by atoms with Crippen LogP contribution in [0.4, 0.5) is 0 Å². The molecule has 0 radical (unpaired) electrons. The van der Waals surface area contributed by atoms with E-state index >= 15 is 0 Å². The summed E-state index contributed by atoms with van der Waals surface area (Å²) in [5, 5.41) is 12.9. The van der Waals surface area contributed by atoms with E-state index in [4.69, 9.17) is 0 Å². The van der Waals surface area contributed by atoms with E-state index in [0.717, 1.165) is 5.69 Å². The van der Waals surface area contributed by atoms with E-state index in [0.29, 0.717) is 0 Å². The lowest BCUT2D eigenvalue weighted by atomic mass is 9.92. The van der Waals surface area contributed by atoms with E-state index in [2.05, 4.69) is 180 Å². The van der Waals surface area contributed by atoms with Crippen LogP contribution in [0.3, 0.4) is 0 Å². The van der Waals surface area contributed by atoms with Crippen molar-refractivity contribution in [3.8, 4) is 27.9 Å². The Morgan fingerprint density at radius 1 is 0.320 bits per heavy atom. The number of thiophene rings is 1. The summed E-state index contributed by atoms with van der Waals surface area (Å²) >= 11 is 1.89. The largest absolute Gasteiger partial charge is 0.309 e. The Labute approximate surface area is 292 Å². The second kappa shape index (κ2) is 10.6. The third-order valence-corrected chi connectivity index (χ3v) is 11.8. The Kier molecular flexibility index (Phi) is 5.89. The first-order valence-corrected chi connectivity index (χ1v) is 18.0. The standard InChI is InChI=1S/C48H29NS/c1-2-13-31(14-3-1)49-45-27-30(32-15-4-5-16-33(32)40-22-12-23-41-39-21-10-11-24-47(39)50-48(40)41)25-26-38(45)44-28-42-36-19-8-6-17-34(36)35-18-7-9-20-37(35)43(42)29-46(44)49/h1-29H. The Bertz CT molecular complexity index is 3140. The summed E-state index contributed by atoms with van der Waals surface area (Å²) in [7, 11) is 0. The van der Waals surface area contributed by atoms with Crippen LogP contribution in [0.25, 0.3) is 102 Å². The molecule has 11 aromatic rings. The number of nitrogens with zero attached hydrogens (tertiary/aromatic N) is 1. The number of benzene rings is 9. The van der Waals surface area contributed by atoms with Crippen LogP contribution in [0, 0.1) is 0 Å². The second-order valence-electron chi connectivity index (χ2n) is 13.2. The van der Waals surface area contributed by atoms with E-state index in [-0.39, 0.29) is 0 Å². The van der Waals surface area contributed by atoms with Crippen molar-refractivity contribution in [1.29, 1.82) is 0 Å². The van der Waals surface area contributed by atoms with Crippen LogP contribution in [0.15, 0.2) is 176 Å². The SMILES string of the molecule is c1ccc(-n2c3cc(-c4ccccc4-c4cccc5c4sc4ccccc45)ccc3c3cc4c5ccccc5c5ccccc5c4cc32)cc1. The van der Waals surface area contributed by atoms with Crippen LogP contribution in [0.2, 0.25) is 0 Å². The zero-order chi connectivity index (χ0) is 32.8. The minimum absolute atomic E-state index is 1.16. The smallest absolute Gasteiger partial charge is 0.0547 e. The highest BCUT2D eigenvalue weighted by molar-refractivity contribution is 7.26. The fraction of sp³-hybridized carbons (Fsp3) is 0. The molecule has 2 aromatic heterocycles. The van der Waals surface area contributed by atoms with Crippen molar-refractivity contribution in [3.05, 3.63) is 176 Å². The molecule has 0 fully saturated rings. The molecule has 232 valence electrons. The first-order valence-electron chi connectivity index (χ1n) is 17.2. The number of rotatable bonds is 3. The molecule has 2 heterocycles. The molecule has 50 heavy (non-hydrogen) atoms. The number of aromatic nitrogens is 1. The number of fused-ring (bicyclic) bond motifs is 12. The molecule has 0 saturated heterocycles. The molecule has 0 aliphatic rings. The van der Waals surface area contributed by atoms with Gasteiger partial charge in [0.2, 0.25) is 0 Å². The summed E-state index contributed by atoms with van der Waals surface area (Å²) < 4.78 is 5.13. The van der Waals surface area contributed by atoms with Gasteiger partial charge in [-0.15, -0.1) is 11.3 Å². The van der Waals surface area contributed by atoms with Crippen LogP contribution < -0.4 is 0 Å². The fourth-order valence-electron chi connectivity index (χ4n) is 8.37. The highest BCUT2D eigenvalue weighted by Crippen LogP contribution is 2.45. The second-order valence-corrected chi connectivity index (χ2v) is 14.3. The fourth-order valence-corrected chi connectivity index (χ4v) is 9.60. The van der Waals surface area contributed by atoms with Crippen LogP contribution in [-0.4, -0.2) is 4.57 Å². The first-order chi connectivity index (χ1) is 24.8. The topological polar surface area (TPSA) is 4.93 Å². The van der Waals surface area contributed by atoms with Gasteiger partial charge in [0.15, 0.2) is 0 Å². The average Bonchev–Trinajstić information content (AvgIpc) is 3.73. The van der Waals surface area contributed by atoms with Crippen molar-refractivity contribution in [2.75, 3.05) is 0 Å². The molecule has 0 N–H and O–H groups in total. The molecular weight excluding hydrogens is 623 g/mol. The average molecular weight is 652 g/mol. The zero-order valence-electron chi connectivity index (χ0n) is 27.1. The number of para-hydroxylation sites is 1. The molecule has 0 amide bonds. The first kappa shape index (κ1) is 27.7. The molecule has 0 saturated carbocycles. The molecule has 11 rings (SSSR count). The van der Waals surface area contributed by atoms with Gasteiger partial charge in [0.25, 0.3) is 0 Å². The van der Waals surface area contributed by atoms with Crippen molar-refractivity contribution in [3.63, 3.8) is 0 Å². The Morgan fingerprint density at radius 3 is 1.64 bits per heavy atom. The van der Waals surface area contributed by atoms with Crippen molar-refractivity contribution in [2.24, 2.45) is 0 Å².